The summed E-state index contributed by atoms with van der Waals surface area (Å²) in [5.74, 6) is 11.3. The van der Waals surface area contributed by atoms with Crippen LogP contribution in [0.2, 0.25) is 0 Å². The minimum Gasteiger partial charge on any atom is -0.350 e. The summed E-state index contributed by atoms with van der Waals surface area (Å²) in [6, 6.07) is 22.2. The fraction of sp³-hybridized carbons (Fsp3) is 0. The molecule has 0 unspecified atom stereocenters. The maximum atomic E-state index is 11.3. The zero-order valence-electron chi connectivity index (χ0n) is 15.5. The third-order valence-electron chi connectivity index (χ3n) is 4.26. The molecule has 0 aromatic heterocycles. The Kier molecular flexibility index (Phi) is 5.63. The number of nitrogens with zero attached hydrogens (tertiary/aromatic N) is 3. The number of carbonyl (C=O) groups excluding carboxylic acids is 2. The Labute approximate surface area is 167 Å². The number of rotatable bonds is 5. The minimum absolute atomic E-state index is 0.463. The smallest absolute Gasteiger partial charge is 0.333 e. The molecular weight excluding hydrogens is 370 g/mol. The standard InChI is InChI=1S/C20H21N7O2/c21-19(28)26(23)17-10-6-15(7-11-17)25(14-4-2-1-3-5-14)16-8-12-18(13-9-16)27(24)20(22)29/h1-13H,23-24H2,(H2,21,28)(H2,22,29). The van der Waals surface area contributed by atoms with Crippen LogP contribution in [0.25, 0.3) is 0 Å². The van der Waals surface area contributed by atoms with Crippen LogP contribution in [0.1, 0.15) is 0 Å². The molecule has 0 aliphatic carbocycles. The fourth-order valence-corrected chi connectivity index (χ4v) is 2.80. The van der Waals surface area contributed by atoms with Crippen molar-refractivity contribution in [2.45, 2.75) is 0 Å². The van der Waals surface area contributed by atoms with Crippen molar-refractivity contribution < 1.29 is 9.59 Å². The largest absolute Gasteiger partial charge is 0.350 e. The van der Waals surface area contributed by atoms with Crippen molar-refractivity contribution in [2.75, 3.05) is 14.9 Å². The molecule has 9 heteroatoms. The van der Waals surface area contributed by atoms with Gasteiger partial charge in [-0.2, -0.15) is 0 Å². The minimum atomic E-state index is -0.756. The van der Waals surface area contributed by atoms with E-state index < -0.39 is 12.1 Å². The summed E-state index contributed by atoms with van der Waals surface area (Å²) in [7, 11) is 0. The molecule has 3 rings (SSSR count). The van der Waals surface area contributed by atoms with Gasteiger partial charge in [0.15, 0.2) is 0 Å². The van der Waals surface area contributed by atoms with Crippen molar-refractivity contribution >= 4 is 40.5 Å². The Hall–Kier alpha value is -4.08. The van der Waals surface area contributed by atoms with E-state index in [0.29, 0.717) is 11.4 Å². The van der Waals surface area contributed by atoms with Crippen LogP contribution < -0.4 is 38.1 Å². The van der Waals surface area contributed by atoms with Crippen LogP contribution in [0.3, 0.4) is 0 Å². The highest BCUT2D eigenvalue weighted by Crippen LogP contribution is 2.35. The topological polar surface area (TPSA) is 148 Å². The van der Waals surface area contributed by atoms with Gasteiger partial charge >= 0.3 is 12.1 Å². The summed E-state index contributed by atoms with van der Waals surface area (Å²) in [6.45, 7) is 0. The Morgan fingerprint density at radius 1 is 0.517 bits per heavy atom. The number of carbonyl (C=O) groups is 2. The number of urea groups is 2. The molecule has 29 heavy (non-hydrogen) atoms. The average molecular weight is 391 g/mol. The number of para-hydroxylation sites is 1. The molecule has 3 aromatic carbocycles. The molecule has 9 nitrogen and oxygen atoms in total. The highest BCUT2D eigenvalue weighted by Gasteiger charge is 2.15. The van der Waals surface area contributed by atoms with Gasteiger partial charge in [-0.25, -0.2) is 31.3 Å². The molecule has 0 saturated heterocycles. The van der Waals surface area contributed by atoms with Crippen molar-refractivity contribution in [3.63, 3.8) is 0 Å². The van der Waals surface area contributed by atoms with Crippen LogP contribution >= 0.6 is 0 Å². The fourth-order valence-electron chi connectivity index (χ4n) is 2.80. The molecule has 0 bridgehead atoms. The first kappa shape index (κ1) is 19.7. The lowest BCUT2D eigenvalue weighted by atomic mass is 10.1. The van der Waals surface area contributed by atoms with Gasteiger partial charge in [0.2, 0.25) is 0 Å². The molecule has 0 aliphatic heterocycles. The highest BCUT2D eigenvalue weighted by molar-refractivity contribution is 5.91. The van der Waals surface area contributed by atoms with Crippen molar-refractivity contribution in [3.05, 3.63) is 78.9 Å². The van der Waals surface area contributed by atoms with Gasteiger partial charge in [0, 0.05) is 17.1 Å². The number of anilines is 5. The van der Waals surface area contributed by atoms with E-state index in [4.69, 9.17) is 23.2 Å². The first-order valence-corrected chi connectivity index (χ1v) is 8.62. The van der Waals surface area contributed by atoms with E-state index in [-0.39, 0.29) is 0 Å². The van der Waals surface area contributed by atoms with Crippen molar-refractivity contribution in [1.82, 2.24) is 0 Å². The van der Waals surface area contributed by atoms with E-state index in [1.165, 1.54) is 0 Å². The van der Waals surface area contributed by atoms with E-state index in [2.05, 4.69) is 0 Å². The molecule has 0 heterocycles. The molecule has 0 aliphatic rings. The van der Waals surface area contributed by atoms with Gasteiger partial charge in [-0.05, 0) is 60.7 Å². The summed E-state index contributed by atoms with van der Waals surface area (Å²) in [6.07, 6.45) is 0. The number of amides is 4. The Morgan fingerprint density at radius 2 is 0.828 bits per heavy atom. The number of nitrogens with two attached hydrogens (primary N) is 4. The molecule has 4 amide bonds. The molecule has 0 radical (unpaired) electrons. The molecule has 0 saturated carbocycles. The van der Waals surface area contributed by atoms with Crippen LogP contribution in [-0.2, 0) is 0 Å². The SMILES string of the molecule is NC(=O)N(N)c1ccc(N(c2ccccc2)c2ccc(N(N)C(N)=O)cc2)cc1. The van der Waals surface area contributed by atoms with Gasteiger partial charge in [-0.15, -0.1) is 0 Å². The van der Waals surface area contributed by atoms with Crippen LogP contribution in [0.15, 0.2) is 78.9 Å². The van der Waals surface area contributed by atoms with Crippen molar-refractivity contribution in [1.29, 1.82) is 0 Å². The van der Waals surface area contributed by atoms with Crippen LogP contribution in [-0.4, -0.2) is 12.1 Å². The molecule has 3 aromatic rings. The Balaban J connectivity index is 2.00. The summed E-state index contributed by atoms with van der Waals surface area (Å²) in [4.78, 5) is 24.5. The summed E-state index contributed by atoms with van der Waals surface area (Å²) in [5.41, 5.74) is 13.9. The quantitative estimate of drug-likeness (QED) is 0.300. The monoisotopic (exact) mass is 391 g/mol. The van der Waals surface area contributed by atoms with Crippen LogP contribution in [0.5, 0.6) is 0 Å². The molecular formula is C20H21N7O2. The maximum Gasteiger partial charge on any atom is 0.333 e. The maximum absolute atomic E-state index is 11.3. The van der Waals surface area contributed by atoms with Crippen molar-refractivity contribution in [3.8, 4) is 0 Å². The summed E-state index contributed by atoms with van der Waals surface area (Å²) < 4.78 is 0. The molecule has 8 N–H and O–H groups in total. The van der Waals surface area contributed by atoms with Gasteiger partial charge in [0.25, 0.3) is 0 Å². The first-order chi connectivity index (χ1) is 13.9. The third-order valence-corrected chi connectivity index (χ3v) is 4.26. The van der Waals surface area contributed by atoms with Gasteiger partial charge < -0.3 is 16.4 Å². The Bertz CT molecular complexity index is 928. The zero-order chi connectivity index (χ0) is 21.0. The van der Waals surface area contributed by atoms with Gasteiger partial charge in [0.05, 0.1) is 11.4 Å². The lowest BCUT2D eigenvalue weighted by Gasteiger charge is -2.26. The zero-order valence-corrected chi connectivity index (χ0v) is 15.5. The second-order valence-corrected chi connectivity index (χ2v) is 6.12. The number of hydrogen-bond donors (Lipinski definition) is 4. The predicted octanol–water partition coefficient (Wildman–Crippen LogP) is 2.67. The van der Waals surface area contributed by atoms with E-state index >= 15 is 0 Å². The number of primary amides is 2. The normalized spacial score (nSPS) is 10.3. The molecule has 148 valence electrons. The highest BCUT2D eigenvalue weighted by atomic mass is 16.2. The average Bonchev–Trinajstić information content (AvgIpc) is 2.74. The van der Waals surface area contributed by atoms with E-state index in [1.54, 1.807) is 24.3 Å². The lowest BCUT2D eigenvalue weighted by molar-refractivity contribution is 0.253. The van der Waals surface area contributed by atoms with Gasteiger partial charge in [-0.3, -0.25) is 0 Å². The van der Waals surface area contributed by atoms with Crippen molar-refractivity contribution in [2.24, 2.45) is 23.2 Å². The summed E-state index contributed by atoms with van der Waals surface area (Å²) >= 11 is 0. The second-order valence-electron chi connectivity index (χ2n) is 6.12. The van der Waals surface area contributed by atoms with Gasteiger partial charge in [-0.1, -0.05) is 18.2 Å². The Morgan fingerprint density at radius 3 is 1.17 bits per heavy atom. The van der Waals surface area contributed by atoms with E-state index in [9.17, 15) is 9.59 Å². The van der Waals surface area contributed by atoms with Crippen LogP contribution in [0.4, 0.5) is 38.0 Å². The number of benzene rings is 3. The molecule has 0 atom stereocenters. The second kappa shape index (κ2) is 8.30. The van der Waals surface area contributed by atoms with E-state index in [1.807, 2.05) is 59.5 Å². The lowest BCUT2D eigenvalue weighted by Crippen LogP contribution is -2.41. The molecule has 0 spiro atoms. The third kappa shape index (κ3) is 4.26. The summed E-state index contributed by atoms with van der Waals surface area (Å²) in [5, 5.41) is 1.73. The van der Waals surface area contributed by atoms with Gasteiger partial charge in [0.1, 0.15) is 0 Å². The number of hydrogen-bond acceptors (Lipinski definition) is 5. The first-order valence-electron chi connectivity index (χ1n) is 8.62. The predicted molar refractivity (Wildman–Crippen MR) is 114 cm³/mol. The van der Waals surface area contributed by atoms with Crippen LogP contribution in [0, 0.1) is 0 Å². The number of hydrazine groups is 2. The molecule has 0 fully saturated rings. The van der Waals surface area contributed by atoms with E-state index in [0.717, 1.165) is 27.1 Å².